The van der Waals surface area contributed by atoms with Crippen molar-refractivity contribution in [2.75, 3.05) is 11.9 Å². The standard InChI is InChI=1S/C16H17BrClN3O2.ClH/c17-12-9-19-16(20-10-3-6-15(22)13(18)8-10)21-14(12)5-4-11-2-1-7-23-11;/h3,6,8-9,11,22H,1-2,4-5,7H2,(H,19,20,21);1H. The Morgan fingerprint density at radius 3 is 2.96 bits per heavy atom. The predicted molar refractivity (Wildman–Crippen MR) is 101 cm³/mol. The molecule has 3 rings (SSSR count). The molecular weight excluding hydrogens is 417 g/mol. The monoisotopic (exact) mass is 433 g/mol. The van der Waals surface area contributed by atoms with Crippen LogP contribution < -0.4 is 5.32 Å². The number of ether oxygens (including phenoxy) is 1. The molecule has 2 heterocycles. The molecule has 8 heteroatoms. The van der Waals surface area contributed by atoms with Gasteiger partial charge in [0.05, 0.1) is 21.3 Å². The molecule has 0 radical (unpaired) electrons. The largest absolute Gasteiger partial charge is 0.506 e. The molecule has 5 nitrogen and oxygen atoms in total. The second-order valence-electron chi connectivity index (χ2n) is 5.45. The van der Waals surface area contributed by atoms with E-state index in [2.05, 4.69) is 31.2 Å². The first-order valence-corrected chi connectivity index (χ1v) is 8.67. The summed E-state index contributed by atoms with van der Waals surface area (Å²) in [7, 11) is 0. The fourth-order valence-electron chi connectivity index (χ4n) is 2.52. The van der Waals surface area contributed by atoms with Crippen molar-refractivity contribution in [3.63, 3.8) is 0 Å². The summed E-state index contributed by atoms with van der Waals surface area (Å²) in [5.74, 6) is 0.545. The summed E-state index contributed by atoms with van der Waals surface area (Å²) in [6.45, 7) is 0.865. The van der Waals surface area contributed by atoms with Crippen LogP contribution in [0.5, 0.6) is 5.75 Å². The van der Waals surface area contributed by atoms with Gasteiger partial charge in [-0.1, -0.05) is 11.6 Å². The van der Waals surface area contributed by atoms with Crippen LogP contribution in [0.2, 0.25) is 5.02 Å². The third-order valence-electron chi connectivity index (χ3n) is 3.75. The summed E-state index contributed by atoms with van der Waals surface area (Å²) in [6, 6.07) is 4.88. The molecule has 1 aliphatic heterocycles. The summed E-state index contributed by atoms with van der Waals surface area (Å²) < 4.78 is 6.55. The van der Waals surface area contributed by atoms with Crippen LogP contribution >= 0.6 is 39.9 Å². The number of anilines is 2. The molecule has 1 aromatic carbocycles. The number of nitrogens with zero attached hydrogens (tertiary/aromatic N) is 2. The van der Waals surface area contributed by atoms with E-state index in [0.717, 1.165) is 48.1 Å². The summed E-state index contributed by atoms with van der Waals surface area (Å²) in [5, 5.41) is 12.8. The average molecular weight is 435 g/mol. The minimum atomic E-state index is 0. The zero-order chi connectivity index (χ0) is 16.2. The van der Waals surface area contributed by atoms with Crippen LogP contribution in [-0.2, 0) is 11.2 Å². The molecule has 0 amide bonds. The molecule has 2 N–H and O–H groups in total. The normalized spacial score (nSPS) is 16.7. The number of phenolic OH excluding ortho intramolecular Hbond substituents is 1. The lowest BCUT2D eigenvalue weighted by atomic mass is 10.1. The number of aromatic nitrogens is 2. The maximum Gasteiger partial charge on any atom is 0.227 e. The molecule has 1 aromatic heterocycles. The number of hydrogen-bond acceptors (Lipinski definition) is 5. The highest BCUT2D eigenvalue weighted by Gasteiger charge is 2.16. The van der Waals surface area contributed by atoms with Crippen LogP contribution in [0.15, 0.2) is 28.9 Å². The predicted octanol–water partition coefficient (Wildman–Crippen LogP) is 4.88. The third kappa shape index (κ3) is 4.96. The molecule has 0 aliphatic carbocycles. The van der Waals surface area contributed by atoms with Crippen LogP contribution in [0.25, 0.3) is 0 Å². The molecule has 1 saturated heterocycles. The van der Waals surface area contributed by atoms with Crippen molar-refractivity contribution in [1.29, 1.82) is 0 Å². The molecule has 0 saturated carbocycles. The van der Waals surface area contributed by atoms with Crippen molar-refractivity contribution >= 4 is 51.6 Å². The fraction of sp³-hybridized carbons (Fsp3) is 0.375. The second-order valence-corrected chi connectivity index (χ2v) is 6.71. The maximum absolute atomic E-state index is 9.46. The van der Waals surface area contributed by atoms with E-state index in [0.29, 0.717) is 12.1 Å². The number of aromatic hydroxyl groups is 1. The maximum atomic E-state index is 9.46. The summed E-state index contributed by atoms with van der Waals surface area (Å²) in [5.41, 5.74) is 1.67. The SMILES string of the molecule is Cl.Oc1ccc(Nc2ncc(Br)c(CCC3CCCO3)n2)cc1Cl. The molecule has 1 fully saturated rings. The Morgan fingerprint density at radius 1 is 1.42 bits per heavy atom. The lowest BCUT2D eigenvalue weighted by molar-refractivity contribution is 0.104. The van der Waals surface area contributed by atoms with E-state index in [1.807, 2.05) is 0 Å². The van der Waals surface area contributed by atoms with Gasteiger partial charge >= 0.3 is 0 Å². The van der Waals surface area contributed by atoms with Crippen molar-refractivity contribution in [3.8, 4) is 5.75 Å². The van der Waals surface area contributed by atoms with Crippen LogP contribution in [0.1, 0.15) is 25.0 Å². The van der Waals surface area contributed by atoms with Gasteiger partial charge in [-0.05, 0) is 59.8 Å². The van der Waals surface area contributed by atoms with E-state index in [1.165, 1.54) is 6.07 Å². The Kier molecular flexibility index (Phi) is 7.10. The highest BCUT2D eigenvalue weighted by molar-refractivity contribution is 9.10. The van der Waals surface area contributed by atoms with Gasteiger partial charge in [0.1, 0.15) is 5.75 Å². The molecule has 130 valence electrons. The smallest absolute Gasteiger partial charge is 0.227 e. The summed E-state index contributed by atoms with van der Waals surface area (Å²) in [6.07, 6.45) is 6.13. The first-order valence-electron chi connectivity index (χ1n) is 7.50. The van der Waals surface area contributed by atoms with Gasteiger partial charge in [0.15, 0.2) is 0 Å². The highest BCUT2D eigenvalue weighted by atomic mass is 79.9. The first kappa shape index (κ1) is 19.2. The van der Waals surface area contributed by atoms with Gasteiger partial charge in [0.2, 0.25) is 5.95 Å². The quantitative estimate of drug-likeness (QED) is 0.656. The summed E-state index contributed by atoms with van der Waals surface area (Å²) >= 11 is 9.41. The molecule has 0 bridgehead atoms. The van der Waals surface area contributed by atoms with Gasteiger partial charge in [-0.25, -0.2) is 9.97 Å². The van der Waals surface area contributed by atoms with Crippen molar-refractivity contribution in [2.45, 2.75) is 31.8 Å². The Morgan fingerprint density at radius 2 is 2.25 bits per heavy atom. The third-order valence-corrected chi connectivity index (χ3v) is 4.71. The van der Waals surface area contributed by atoms with E-state index in [1.54, 1.807) is 18.3 Å². The number of benzene rings is 1. The Balaban J connectivity index is 0.00000208. The van der Waals surface area contributed by atoms with Gasteiger partial charge in [0.25, 0.3) is 0 Å². The number of aryl methyl sites for hydroxylation is 1. The molecule has 1 unspecified atom stereocenters. The van der Waals surface area contributed by atoms with E-state index in [9.17, 15) is 5.11 Å². The molecule has 1 aliphatic rings. The number of nitrogens with one attached hydrogen (secondary N) is 1. The van der Waals surface area contributed by atoms with Crippen LogP contribution in [0, 0.1) is 0 Å². The number of halogens is 3. The van der Waals surface area contributed by atoms with Gasteiger partial charge in [0, 0.05) is 18.5 Å². The van der Waals surface area contributed by atoms with Crippen molar-refractivity contribution in [2.24, 2.45) is 0 Å². The van der Waals surface area contributed by atoms with E-state index >= 15 is 0 Å². The van der Waals surface area contributed by atoms with Crippen LogP contribution in [0.3, 0.4) is 0 Å². The molecule has 2 aromatic rings. The Bertz CT molecular complexity index is 697. The minimum absolute atomic E-state index is 0. The molecule has 1 atom stereocenters. The van der Waals surface area contributed by atoms with Crippen molar-refractivity contribution in [1.82, 2.24) is 9.97 Å². The van der Waals surface area contributed by atoms with Crippen LogP contribution in [-0.4, -0.2) is 27.8 Å². The fourth-order valence-corrected chi connectivity index (χ4v) is 3.09. The number of rotatable bonds is 5. The first-order chi connectivity index (χ1) is 11.1. The average Bonchev–Trinajstić information content (AvgIpc) is 3.05. The van der Waals surface area contributed by atoms with E-state index in [-0.39, 0.29) is 23.2 Å². The lowest BCUT2D eigenvalue weighted by Crippen LogP contribution is -2.08. The molecular formula is C16H18BrCl2N3O2. The Hall–Kier alpha value is -1.08. The minimum Gasteiger partial charge on any atom is -0.506 e. The topological polar surface area (TPSA) is 67.3 Å². The lowest BCUT2D eigenvalue weighted by Gasteiger charge is -2.11. The second kappa shape index (κ2) is 8.85. The van der Waals surface area contributed by atoms with Gasteiger partial charge < -0.3 is 15.2 Å². The summed E-state index contributed by atoms with van der Waals surface area (Å²) in [4.78, 5) is 8.81. The molecule has 24 heavy (non-hydrogen) atoms. The Labute approximate surface area is 160 Å². The zero-order valence-electron chi connectivity index (χ0n) is 12.8. The van der Waals surface area contributed by atoms with Gasteiger partial charge in [-0.2, -0.15) is 0 Å². The van der Waals surface area contributed by atoms with E-state index in [4.69, 9.17) is 16.3 Å². The van der Waals surface area contributed by atoms with Crippen molar-refractivity contribution < 1.29 is 9.84 Å². The zero-order valence-corrected chi connectivity index (χ0v) is 16.0. The molecule has 0 spiro atoms. The van der Waals surface area contributed by atoms with Crippen LogP contribution in [0.4, 0.5) is 11.6 Å². The number of hydrogen-bond donors (Lipinski definition) is 2. The van der Waals surface area contributed by atoms with Gasteiger partial charge in [-0.3, -0.25) is 0 Å². The number of phenols is 1. The van der Waals surface area contributed by atoms with Crippen molar-refractivity contribution in [3.05, 3.63) is 39.6 Å². The van der Waals surface area contributed by atoms with Gasteiger partial charge in [-0.15, -0.1) is 12.4 Å². The van der Waals surface area contributed by atoms with E-state index < -0.39 is 0 Å². The highest BCUT2D eigenvalue weighted by Crippen LogP contribution is 2.28.